The van der Waals surface area contributed by atoms with Crippen molar-refractivity contribution in [2.45, 2.75) is 12.5 Å². The standard InChI is InChI=1S/C25H20FN3O3/c26-19-12-6-7-13-20(19)28-25(31)23(14-16-8-2-1-3-9-16)27-22-15-21(29-32)17-10-4-5-11-18(17)24(22)30/h1-13,15,23,27,32H,14H2,(H,28,31)/t23-/m1/s1. The van der Waals surface area contributed by atoms with Crippen LogP contribution in [0.1, 0.15) is 21.5 Å². The van der Waals surface area contributed by atoms with Crippen molar-refractivity contribution in [2.24, 2.45) is 5.16 Å². The maximum atomic E-state index is 14.1. The van der Waals surface area contributed by atoms with Gasteiger partial charge in [-0.25, -0.2) is 4.39 Å². The molecule has 0 fully saturated rings. The van der Waals surface area contributed by atoms with E-state index in [1.54, 1.807) is 30.3 Å². The van der Waals surface area contributed by atoms with E-state index in [4.69, 9.17) is 0 Å². The van der Waals surface area contributed by atoms with Crippen LogP contribution in [0, 0.1) is 5.82 Å². The number of allylic oxidation sites excluding steroid dienone is 2. The van der Waals surface area contributed by atoms with Gasteiger partial charge in [0.25, 0.3) is 0 Å². The zero-order valence-electron chi connectivity index (χ0n) is 17.0. The van der Waals surface area contributed by atoms with Gasteiger partial charge in [-0.1, -0.05) is 71.9 Å². The normalized spacial score (nSPS) is 15.0. The first-order valence-electron chi connectivity index (χ1n) is 10.0. The number of nitrogens with zero attached hydrogens (tertiary/aromatic N) is 1. The van der Waals surface area contributed by atoms with E-state index in [0.29, 0.717) is 11.1 Å². The summed E-state index contributed by atoms with van der Waals surface area (Å²) in [5, 5.41) is 18.3. The molecule has 3 aromatic carbocycles. The minimum atomic E-state index is -0.891. The van der Waals surface area contributed by atoms with Gasteiger partial charge in [0.1, 0.15) is 17.6 Å². The Hall–Kier alpha value is -4.26. The Morgan fingerprint density at radius 3 is 2.31 bits per heavy atom. The Morgan fingerprint density at radius 1 is 0.938 bits per heavy atom. The fourth-order valence-electron chi connectivity index (χ4n) is 3.55. The van der Waals surface area contributed by atoms with Gasteiger partial charge in [-0.2, -0.15) is 0 Å². The Morgan fingerprint density at radius 2 is 1.59 bits per heavy atom. The number of oxime groups is 1. The van der Waals surface area contributed by atoms with Crippen LogP contribution in [-0.2, 0) is 11.2 Å². The average molecular weight is 429 g/mol. The third-order valence-corrected chi connectivity index (χ3v) is 5.14. The summed E-state index contributed by atoms with van der Waals surface area (Å²) < 4.78 is 14.1. The van der Waals surface area contributed by atoms with Gasteiger partial charge < -0.3 is 15.8 Å². The van der Waals surface area contributed by atoms with E-state index in [1.807, 2.05) is 30.3 Å². The van der Waals surface area contributed by atoms with Crippen LogP contribution in [0.15, 0.2) is 95.8 Å². The molecule has 4 rings (SSSR count). The molecular formula is C25H20FN3O3. The Labute approximate surface area is 184 Å². The SMILES string of the molecule is O=C1C(N[C@H](Cc2ccccc2)C(=O)Nc2ccccc2F)=CC(=NO)c2ccccc21. The zero-order chi connectivity index (χ0) is 22.5. The number of nitrogens with one attached hydrogen (secondary N) is 2. The van der Waals surface area contributed by atoms with Crippen molar-refractivity contribution in [1.29, 1.82) is 0 Å². The molecule has 32 heavy (non-hydrogen) atoms. The molecule has 0 aromatic heterocycles. The average Bonchev–Trinajstić information content (AvgIpc) is 2.82. The molecule has 3 aromatic rings. The van der Waals surface area contributed by atoms with Crippen molar-refractivity contribution in [2.75, 3.05) is 5.32 Å². The van der Waals surface area contributed by atoms with Crippen LogP contribution >= 0.6 is 0 Å². The minimum absolute atomic E-state index is 0.0456. The Bertz CT molecular complexity index is 1220. The lowest BCUT2D eigenvalue weighted by molar-refractivity contribution is -0.118. The Kier molecular flexibility index (Phi) is 6.07. The van der Waals surface area contributed by atoms with E-state index < -0.39 is 17.8 Å². The molecule has 0 unspecified atom stereocenters. The molecule has 0 radical (unpaired) electrons. The van der Waals surface area contributed by atoms with Gasteiger partial charge in [0.15, 0.2) is 0 Å². The summed E-state index contributed by atoms with van der Waals surface area (Å²) in [6, 6.07) is 21.0. The molecule has 7 heteroatoms. The highest BCUT2D eigenvalue weighted by Gasteiger charge is 2.28. The lowest BCUT2D eigenvalue weighted by atomic mass is 9.91. The predicted octanol–water partition coefficient (Wildman–Crippen LogP) is 3.92. The quantitative estimate of drug-likeness (QED) is 0.409. The molecule has 1 aliphatic rings. The molecule has 0 heterocycles. The number of benzene rings is 3. The van der Waals surface area contributed by atoms with Crippen LogP contribution in [0.25, 0.3) is 0 Å². The second-order valence-electron chi connectivity index (χ2n) is 7.27. The largest absolute Gasteiger partial charge is 0.410 e. The highest BCUT2D eigenvalue weighted by molar-refractivity contribution is 6.26. The van der Waals surface area contributed by atoms with E-state index >= 15 is 0 Å². The summed E-state index contributed by atoms with van der Waals surface area (Å²) in [6.45, 7) is 0. The molecule has 0 aliphatic heterocycles. The monoisotopic (exact) mass is 429 g/mol. The third kappa shape index (κ3) is 4.41. The van der Waals surface area contributed by atoms with E-state index in [1.165, 1.54) is 24.3 Å². The number of halogens is 1. The van der Waals surface area contributed by atoms with Gasteiger partial charge in [0.2, 0.25) is 11.7 Å². The van der Waals surface area contributed by atoms with Crippen molar-refractivity contribution in [3.8, 4) is 0 Å². The van der Waals surface area contributed by atoms with E-state index in [9.17, 15) is 19.2 Å². The van der Waals surface area contributed by atoms with Crippen LogP contribution in [0.4, 0.5) is 10.1 Å². The number of carbonyl (C=O) groups excluding carboxylic acids is 2. The van der Waals surface area contributed by atoms with E-state index in [2.05, 4.69) is 15.8 Å². The smallest absolute Gasteiger partial charge is 0.247 e. The van der Waals surface area contributed by atoms with Crippen LogP contribution < -0.4 is 10.6 Å². The number of amides is 1. The molecule has 160 valence electrons. The number of ketones is 1. The van der Waals surface area contributed by atoms with Gasteiger partial charge in [-0.05, 0) is 23.8 Å². The molecule has 1 aliphatic carbocycles. The maximum Gasteiger partial charge on any atom is 0.247 e. The fraction of sp³-hybridized carbons (Fsp3) is 0.0800. The van der Waals surface area contributed by atoms with E-state index in [-0.39, 0.29) is 29.3 Å². The van der Waals surface area contributed by atoms with Gasteiger partial charge >= 0.3 is 0 Å². The minimum Gasteiger partial charge on any atom is -0.410 e. The van der Waals surface area contributed by atoms with Gasteiger partial charge in [-0.15, -0.1) is 0 Å². The molecule has 3 N–H and O–H groups in total. The highest BCUT2D eigenvalue weighted by atomic mass is 19.1. The number of hydrogen-bond donors (Lipinski definition) is 3. The van der Waals surface area contributed by atoms with Crippen LogP contribution in [0.5, 0.6) is 0 Å². The van der Waals surface area contributed by atoms with Crippen LogP contribution in [-0.4, -0.2) is 28.7 Å². The maximum absolute atomic E-state index is 14.1. The van der Waals surface area contributed by atoms with Crippen molar-refractivity contribution >= 4 is 23.1 Å². The third-order valence-electron chi connectivity index (χ3n) is 5.14. The number of anilines is 1. The molecule has 1 amide bonds. The predicted molar refractivity (Wildman–Crippen MR) is 119 cm³/mol. The summed E-state index contributed by atoms with van der Waals surface area (Å²) in [4.78, 5) is 26.1. The second kappa shape index (κ2) is 9.26. The molecular weight excluding hydrogens is 409 g/mol. The summed E-state index contributed by atoms with van der Waals surface area (Å²) in [6.07, 6.45) is 1.65. The van der Waals surface area contributed by atoms with Crippen molar-refractivity contribution < 1.29 is 19.2 Å². The summed E-state index contributed by atoms with van der Waals surface area (Å²) >= 11 is 0. The molecule has 0 saturated carbocycles. The number of carbonyl (C=O) groups is 2. The first-order chi connectivity index (χ1) is 15.6. The van der Waals surface area contributed by atoms with Crippen LogP contribution in [0.2, 0.25) is 0 Å². The first kappa shape index (κ1) is 21.0. The first-order valence-corrected chi connectivity index (χ1v) is 10.0. The highest BCUT2D eigenvalue weighted by Crippen LogP contribution is 2.22. The second-order valence-corrected chi connectivity index (χ2v) is 7.27. The summed E-state index contributed by atoms with van der Waals surface area (Å²) in [5.74, 6) is -1.39. The number of hydrogen-bond acceptors (Lipinski definition) is 5. The lowest BCUT2D eigenvalue weighted by Crippen LogP contribution is -2.44. The number of Topliss-reactive ketones (excluding diaryl/α,β-unsaturated/α-hetero) is 1. The van der Waals surface area contributed by atoms with Gasteiger partial charge in [0.05, 0.1) is 11.4 Å². The lowest BCUT2D eigenvalue weighted by Gasteiger charge is -2.24. The van der Waals surface area contributed by atoms with Crippen molar-refractivity contribution in [1.82, 2.24) is 5.32 Å². The zero-order valence-corrected chi connectivity index (χ0v) is 17.0. The fourth-order valence-corrected chi connectivity index (χ4v) is 3.55. The number of rotatable bonds is 6. The van der Waals surface area contributed by atoms with Gasteiger partial charge in [0, 0.05) is 17.5 Å². The molecule has 0 saturated heterocycles. The number of para-hydroxylation sites is 1. The van der Waals surface area contributed by atoms with Crippen molar-refractivity contribution in [3.05, 3.63) is 113 Å². The van der Waals surface area contributed by atoms with Crippen molar-refractivity contribution in [3.63, 3.8) is 0 Å². The number of fused-ring (bicyclic) bond motifs is 1. The molecule has 1 atom stereocenters. The van der Waals surface area contributed by atoms with Crippen LogP contribution in [0.3, 0.4) is 0 Å². The van der Waals surface area contributed by atoms with E-state index in [0.717, 1.165) is 5.56 Å². The summed E-state index contributed by atoms with van der Waals surface area (Å²) in [5.41, 5.74) is 2.08. The molecule has 0 bridgehead atoms. The summed E-state index contributed by atoms with van der Waals surface area (Å²) in [7, 11) is 0. The van der Waals surface area contributed by atoms with Gasteiger partial charge in [-0.3, -0.25) is 9.59 Å². The molecule has 6 nitrogen and oxygen atoms in total. The molecule has 0 spiro atoms. The topological polar surface area (TPSA) is 90.8 Å². The Balaban J connectivity index is 1.64.